The van der Waals surface area contributed by atoms with Gasteiger partial charge in [-0.2, -0.15) is 0 Å². The van der Waals surface area contributed by atoms with E-state index in [4.69, 9.17) is 0 Å². The zero-order valence-corrected chi connectivity index (χ0v) is 8.46. The van der Waals surface area contributed by atoms with Gasteiger partial charge in [-0.1, -0.05) is 25.7 Å². The fraction of sp³-hybridized carbons (Fsp3) is 0.909. The van der Waals surface area contributed by atoms with Crippen molar-refractivity contribution in [3.63, 3.8) is 0 Å². The first-order valence-electron chi connectivity index (χ1n) is 5.37. The second kappa shape index (κ2) is 5.38. The predicted octanol–water partition coefficient (Wildman–Crippen LogP) is 2.30. The van der Waals surface area contributed by atoms with Gasteiger partial charge >= 0.3 is 0 Å². The first kappa shape index (κ1) is 10.7. The molecule has 2 heteroatoms. The van der Waals surface area contributed by atoms with Crippen LogP contribution in [0.2, 0.25) is 0 Å². The van der Waals surface area contributed by atoms with E-state index in [1.165, 1.54) is 25.7 Å². The number of carbonyl (C=O) groups is 1. The van der Waals surface area contributed by atoms with Crippen LogP contribution in [0.3, 0.4) is 0 Å². The lowest BCUT2D eigenvalue weighted by Crippen LogP contribution is -2.22. The standard InChI is InChI=1S/C11H20O2/c1-9(12)8-11(13)10-6-4-2-3-5-7-10/h10-11,13H,2-8H2,1H3/t11-/m1/s1. The van der Waals surface area contributed by atoms with Crippen LogP contribution in [0.15, 0.2) is 0 Å². The smallest absolute Gasteiger partial charge is 0.132 e. The highest BCUT2D eigenvalue weighted by molar-refractivity contribution is 5.75. The molecule has 0 aromatic rings. The third-order valence-electron chi connectivity index (χ3n) is 2.94. The van der Waals surface area contributed by atoms with Crippen molar-refractivity contribution >= 4 is 5.78 Å². The van der Waals surface area contributed by atoms with E-state index in [9.17, 15) is 9.90 Å². The summed E-state index contributed by atoms with van der Waals surface area (Å²) in [4.78, 5) is 10.8. The van der Waals surface area contributed by atoms with Gasteiger partial charge in [0.1, 0.15) is 5.78 Å². The number of aliphatic hydroxyl groups is 1. The molecule has 1 saturated carbocycles. The summed E-state index contributed by atoms with van der Waals surface area (Å²) in [6.07, 6.45) is 7.22. The number of Topliss-reactive ketones (excluding diaryl/α,β-unsaturated/α-hetero) is 1. The topological polar surface area (TPSA) is 37.3 Å². The van der Waals surface area contributed by atoms with Crippen LogP contribution in [0.25, 0.3) is 0 Å². The summed E-state index contributed by atoms with van der Waals surface area (Å²) in [6, 6.07) is 0. The van der Waals surface area contributed by atoms with Gasteiger partial charge in [-0.25, -0.2) is 0 Å². The quantitative estimate of drug-likeness (QED) is 0.683. The summed E-state index contributed by atoms with van der Waals surface area (Å²) in [6.45, 7) is 1.56. The molecule has 1 atom stereocenters. The molecule has 0 bridgehead atoms. The van der Waals surface area contributed by atoms with Crippen molar-refractivity contribution in [3.05, 3.63) is 0 Å². The molecule has 0 radical (unpaired) electrons. The lowest BCUT2D eigenvalue weighted by Gasteiger charge is -2.19. The Bertz CT molecular complexity index is 157. The molecule has 1 aliphatic carbocycles. The molecule has 0 unspecified atom stereocenters. The fourth-order valence-electron chi connectivity index (χ4n) is 2.16. The normalized spacial score (nSPS) is 22.3. The fourth-order valence-corrected chi connectivity index (χ4v) is 2.16. The lowest BCUT2D eigenvalue weighted by molar-refractivity contribution is -0.119. The molecule has 13 heavy (non-hydrogen) atoms. The highest BCUT2D eigenvalue weighted by Gasteiger charge is 2.21. The first-order chi connectivity index (χ1) is 6.20. The van der Waals surface area contributed by atoms with Crippen molar-refractivity contribution in [2.75, 3.05) is 0 Å². The molecule has 0 heterocycles. The van der Waals surface area contributed by atoms with E-state index in [-0.39, 0.29) is 11.9 Å². The van der Waals surface area contributed by atoms with Gasteiger partial charge in [0, 0.05) is 6.42 Å². The van der Waals surface area contributed by atoms with Gasteiger partial charge in [0.15, 0.2) is 0 Å². The van der Waals surface area contributed by atoms with Gasteiger partial charge < -0.3 is 5.11 Å². The monoisotopic (exact) mass is 184 g/mol. The molecule has 0 aliphatic heterocycles. The molecular weight excluding hydrogens is 164 g/mol. The second-order valence-electron chi connectivity index (χ2n) is 4.23. The summed E-state index contributed by atoms with van der Waals surface area (Å²) in [5, 5.41) is 9.75. The van der Waals surface area contributed by atoms with Crippen LogP contribution in [0.4, 0.5) is 0 Å². The Balaban J connectivity index is 2.34. The van der Waals surface area contributed by atoms with Gasteiger partial charge in [-0.15, -0.1) is 0 Å². The molecule has 0 spiro atoms. The van der Waals surface area contributed by atoms with Crippen molar-refractivity contribution in [1.82, 2.24) is 0 Å². The highest BCUT2D eigenvalue weighted by atomic mass is 16.3. The molecular formula is C11H20O2. The summed E-state index contributed by atoms with van der Waals surface area (Å²) < 4.78 is 0. The minimum atomic E-state index is -0.379. The molecule has 0 saturated heterocycles. The maximum Gasteiger partial charge on any atom is 0.132 e. The molecule has 0 aromatic heterocycles. The van der Waals surface area contributed by atoms with Crippen LogP contribution in [0, 0.1) is 5.92 Å². The molecule has 1 N–H and O–H groups in total. The van der Waals surface area contributed by atoms with Gasteiger partial charge in [0.2, 0.25) is 0 Å². The van der Waals surface area contributed by atoms with Crippen molar-refractivity contribution in [2.24, 2.45) is 5.92 Å². The SMILES string of the molecule is CC(=O)C[C@@H](O)C1CCCCCC1. The first-order valence-corrected chi connectivity index (χ1v) is 5.37. The molecule has 0 amide bonds. The van der Waals surface area contributed by atoms with Crippen LogP contribution in [0.5, 0.6) is 0 Å². The summed E-state index contributed by atoms with van der Waals surface area (Å²) in [5.74, 6) is 0.489. The third-order valence-corrected chi connectivity index (χ3v) is 2.94. The number of hydrogen-bond donors (Lipinski definition) is 1. The van der Waals surface area contributed by atoms with Crippen LogP contribution < -0.4 is 0 Å². The Labute approximate surface area is 80.3 Å². The van der Waals surface area contributed by atoms with E-state index in [0.717, 1.165) is 12.8 Å². The van der Waals surface area contributed by atoms with Crippen LogP contribution in [-0.4, -0.2) is 17.0 Å². The van der Waals surface area contributed by atoms with E-state index in [2.05, 4.69) is 0 Å². The average molecular weight is 184 g/mol. The minimum absolute atomic E-state index is 0.108. The number of rotatable bonds is 3. The third kappa shape index (κ3) is 3.90. The second-order valence-corrected chi connectivity index (χ2v) is 4.23. The summed E-state index contributed by atoms with van der Waals surface area (Å²) >= 11 is 0. The number of ketones is 1. The number of hydrogen-bond acceptors (Lipinski definition) is 2. The molecule has 1 fully saturated rings. The molecule has 76 valence electrons. The Hall–Kier alpha value is -0.370. The van der Waals surface area contributed by atoms with Gasteiger partial charge in [0.25, 0.3) is 0 Å². The number of aliphatic hydroxyl groups excluding tert-OH is 1. The van der Waals surface area contributed by atoms with E-state index < -0.39 is 0 Å². The van der Waals surface area contributed by atoms with E-state index in [1.807, 2.05) is 0 Å². The highest BCUT2D eigenvalue weighted by Crippen LogP contribution is 2.26. The van der Waals surface area contributed by atoms with E-state index in [0.29, 0.717) is 12.3 Å². The summed E-state index contributed by atoms with van der Waals surface area (Å²) in [5.41, 5.74) is 0. The zero-order chi connectivity index (χ0) is 9.68. The van der Waals surface area contributed by atoms with Gasteiger partial charge in [-0.3, -0.25) is 4.79 Å². The molecule has 2 nitrogen and oxygen atoms in total. The Morgan fingerprint density at radius 1 is 1.31 bits per heavy atom. The average Bonchev–Trinajstić information content (AvgIpc) is 2.29. The van der Waals surface area contributed by atoms with Crippen molar-refractivity contribution in [3.8, 4) is 0 Å². The Kier molecular flexibility index (Phi) is 4.43. The molecule has 1 aliphatic rings. The van der Waals surface area contributed by atoms with Crippen molar-refractivity contribution < 1.29 is 9.90 Å². The summed E-state index contributed by atoms with van der Waals surface area (Å²) in [7, 11) is 0. The Morgan fingerprint density at radius 2 is 1.85 bits per heavy atom. The molecule has 0 aromatic carbocycles. The van der Waals surface area contributed by atoms with Gasteiger partial charge in [0.05, 0.1) is 6.10 Å². The zero-order valence-electron chi connectivity index (χ0n) is 8.46. The van der Waals surface area contributed by atoms with Gasteiger partial charge in [-0.05, 0) is 25.7 Å². The predicted molar refractivity (Wildman–Crippen MR) is 52.5 cm³/mol. The van der Waals surface area contributed by atoms with Crippen molar-refractivity contribution in [2.45, 2.75) is 58.0 Å². The van der Waals surface area contributed by atoms with E-state index >= 15 is 0 Å². The van der Waals surface area contributed by atoms with Crippen LogP contribution in [0.1, 0.15) is 51.9 Å². The van der Waals surface area contributed by atoms with Crippen LogP contribution in [-0.2, 0) is 4.79 Å². The maximum absolute atomic E-state index is 10.8. The maximum atomic E-state index is 10.8. The molecule has 1 rings (SSSR count). The lowest BCUT2D eigenvalue weighted by atomic mass is 9.91. The number of carbonyl (C=O) groups excluding carboxylic acids is 1. The van der Waals surface area contributed by atoms with Crippen molar-refractivity contribution in [1.29, 1.82) is 0 Å². The Morgan fingerprint density at radius 3 is 2.31 bits per heavy atom. The van der Waals surface area contributed by atoms with Crippen LogP contribution >= 0.6 is 0 Å². The minimum Gasteiger partial charge on any atom is -0.392 e. The largest absolute Gasteiger partial charge is 0.392 e. The van der Waals surface area contributed by atoms with E-state index in [1.54, 1.807) is 6.92 Å².